The number of aryl methyl sites for hydroxylation is 1. The lowest BCUT2D eigenvalue weighted by Crippen LogP contribution is -2.11. The van der Waals surface area contributed by atoms with E-state index in [-0.39, 0.29) is 12.4 Å². The molecule has 2 aromatic heterocycles. The molecule has 0 fully saturated rings. The number of nitrogens with two attached hydrogens (primary N) is 1. The van der Waals surface area contributed by atoms with Gasteiger partial charge >= 0.3 is 5.97 Å². The fraction of sp³-hybridized carbons (Fsp3) is 0.273. The SMILES string of the molecule is CCOC(=O)c1nccc(-n2cc(N)c(C)n2)n1. The van der Waals surface area contributed by atoms with Gasteiger partial charge in [-0.15, -0.1) is 0 Å². The summed E-state index contributed by atoms with van der Waals surface area (Å²) in [4.78, 5) is 19.4. The van der Waals surface area contributed by atoms with Crippen molar-refractivity contribution in [3.8, 4) is 5.82 Å². The van der Waals surface area contributed by atoms with Crippen LogP contribution in [0.3, 0.4) is 0 Å². The molecule has 0 spiro atoms. The molecule has 0 aliphatic rings. The second-order valence-corrected chi connectivity index (χ2v) is 3.57. The maximum Gasteiger partial charge on any atom is 0.376 e. The molecule has 2 N–H and O–H groups in total. The van der Waals surface area contributed by atoms with E-state index in [1.54, 1.807) is 26.1 Å². The highest BCUT2D eigenvalue weighted by Crippen LogP contribution is 2.11. The minimum Gasteiger partial charge on any atom is -0.460 e. The molecule has 0 amide bonds. The third-order valence-corrected chi connectivity index (χ3v) is 2.27. The molecular formula is C11H13N5O2. The van der Waals surface area contributed by atoms with Gasteiger partial charge in [0.1, 0.15) is 0 Å². The fourth-order valence-electron chi connectivity index (χ4n) is 1.36. The van der Waals surface area contributed by atoms with Crippen molar-refractivity contribution in [2.75, 3.05) is 12.3 Å². The Morgan fingerprint density at radius 3 is 2.94 bits per heavy atom. The molecule has 0 saturated carbocycles. The zero-order valence-corrected chi connectivity index (χ0v) is 10.1. The van der Waals surface area contributed by atoms with E-state index in [1.807, 2.05) is 0 Å². The summed E-state index contributed by atoms with van der Waals surface area (Å²) < 4.78 is 6.32. The van der Waals surface area contributed by atoms with Crippen molar-refractivity contribution in [3.63, 3.8) is 0 Å². The Labute approximate surface area is 104 Å². The van der Waals surface area contributed by atoms with Gasteiger partial charge in [0.2, 0.25) is 5.82 Å². The molecule has 0 aromatic carbocycles. The number of nitrogens with zero attached hydrogens (tertiary/aromatic N) is 4. The van der Waals surface area contributed by atoms with Crippen LogP contribution in [0.1, 0.15) is 23.2 Å². The molecule has 0 atom stereocenters. The molecule has 7 heteroatoms. The monoisotopic (exact) mass is 247 g/mol. The molecular weight excluding hydrogens is 234 g/mol. The number of aromatic nitrogens is 4. The van der Waals surface area contributed by atoms with Gasteiger partial charge in [-0.2, -0.15) is 5.10 Å². The molecule has 0 aliphatic heterocycles. The van der Waals surface area contributed by atoms with Crippen LogP contribution < -0.4 is 5.73 Å². The van der Waals surface area contributed by atoms with Crippen molar-refractivity contribution in [2.45, 2.75) is 13.8 Å². The van der Waals surface area contributed by atoms with Crippen molar-refractivity contribution in [2.24, 2.45) is 0 Å². The first-order valence-corrected chi connectivity index (χ1v) is 5.44. The van der Waals surface area contributed by atoms with Crippen LogP contribution in [0.25, 0.3) is 5.82 Å². The van der Waals surface area contributed by atoms with E-state index in [2.05, 4.69) is 15.1 Å². The lowest BCUT2D eigenvalue weighted by Gasteiger charge is -2.03. The summed E-state index contributed by atoms with van der Waals surface area (Å²) in [6, 6.07) is 1.63. The lowest BCUT2D eigenvalue weighted by atomic mass is 10.4. The summed E-state index contributed by atoms with van der Waals surface area (Å²) in [5.74, 6) is -0.0925. The summed E-state index contributed by atoms with van der Waals surface area (Å²) in [7, 11) is 0. The van der Waals surface area contributed by atoms with Crippen LogP contribution in [0.4, 0.5) is 5.69 Å². The Kier molecular flexibility index (Phi) is 3.22. The van der Waals surface area contributed by atoms with Crippen LogP contribution in [0, 0.1) is 6.92 Å². The Hall–Kier alpha value is -2.44. The number of rotatable bonds is 3. The van der Waals surface area contributed by atoms with Gasteiger partial charge in [0.25, 0.3) is 0 Å². The van der Waals surface area contributed by atoms with Crippen LogP contribution >= 0.6 is 0 Å². The van der Waals surface area contributed by atoms with Gasteiger partial charge in [0.15, 0.2) is 5.82 Å². The summed E-state index contributed by atoms with van der Waals surface area (Å²) in [6.45, 7) is 3.79. The quantitative estimate of drug-likeness (QED) is 0.803. The predicted octanol–water partition coefficient (Wildman–Crippen LogP) is 0.730. The molecule has 18 heavy (non-hydrogen) atoms. The van der Waals surface area contributed by atoms with Gasteiger partial charge in [0, 0.05) is 12.3 Å². The average Bonchev–Trinajstić information content (AvgIpc) is 2.70. The highest BCUT2D eigenvalue weighted by molar-refractivity contribution is 5.85. The molecule has 7 nitrogen and oxygen atoms in total. The van der Waals surface area contributed by atoms with E-state index < -0.39 is 5.97 Å². The Morgan fingerprint density at radius 2 is 2.33 bits per heavy atom. The van der Waals surface area contributed by atoms with Gasteiger partial charge < -0.3 is 10.5 Å². The number of nitrogen functional groups attached to an aromatic ring is 1. The van der Waals surface area contributed by atoms with E-state index in [9.17, 15) is 4.79 Å². The minimum atomic E-state index is -0.559. The van der Waals surface area contributed by atoms with E-state index in [4.69, 9.17) is 10.5 Å². The van der Waals surface area contributed by atoms with Gasteiger partial charge in [-0.3, -0.25) is 0 Å². The zero-order chi connectivity index (χ0) is 13.1. The second kappa shape index (κ2) is 4.82. The molecule has 2 heterocycles. The third kappa shape index (κ3) is 2.29. The molecule has 2 rings (SSSR count). The first-order chi connectivity index (χ1) is 8.61. The van der Waals surface area contributed by atoms with Gasteiger partial charge in [-0.05, 0) is 13.8 Å². The van der Waals surface area contributed by atoms with Gasteiger partial charge in [-0.1, -0.05) is 0 Å². The molecule has 0 saturated heterocycles. The Morgan fingerprint density at radius 1 is 1.56 bits per heavy atom. The van der Waals surface area contributed by atoms with Crippen LogP contribution in [-0.4, -0.2) is 32.3 Å². The summed E-state index contributed by atoms with van der Waals surface area (Å²) in [6.07, 6.45) is 3.11. The van der Waals surface area contributed by atoms with Crippen molar-refractivity contribution in [1.29, 1.82) is 0 Å². The highest BCUT2D eigenvalue weighted by Gasteiger charge is 2.12. The number of anilines is 1. The molecule has 0 aliphatic carbocycles. The van der Waals surface area contributed by atoms with E-state index >= 15 is 0 Å². The molecule has 0 bridgehead atoms. The van der Waals surface area contributed by atoms with Crippen molar-refractivity contribution >= 4 is 11.7 Å². The van der Waals surface area contributed by atoms with Crippen LogP contribution in [0.5, 0.6) is 0 Å². The van der Waals surface area contributed by atoms with Gasteiger partial charge in [0.05, 0.1) is 24.2 Å². The molecule has 0 radical (unpaired) electrons. The number of hydrogen-bond donors (Lipinski definition) is 1. The topological polar surface area (TPSA) is 95.9 Å². The van der Waals surface area contributed by atoms with Crippen molar-refractivity contribution in [3.05, 3.63) is 30.0 Å². The van der Waals surface area contributed by atoms with Crippen molar-refractivity contribution < 1.29 is 9.53 Å². The number of carbonyl (C=O) groups is 1. The smallest absolute Gasteiger partial charge is 0.376 e. The second-order valence-electron chi connectivity index (χ2n) is 3.57. The van der Waals surface area contributed by atoms with E-state index in [0.717, 1.165) is 0 Å². The third-order valence-electron chi connectivity index (χ3n) is 2.27. The van der Waals surface area contributed by atoms with Gasteiger partial charge in [-0.25, -0.2) is 19.4 Å². The number of ether oxygens (including phenoxy) is 1. The maximum atomic E-state index is 11.5. The standard InChI is InChI=1S/C11H13N5O2/c1-3-18-11(17)10-13-5-4-9(14-10)16-6-8(12)7(2)15-16/h4-6H,3,12H2,1-2H3. The molecule has 0 unspecified atom stereocenters. The molecule has 2 aromatic rings. The zero-order valence-electron chi connectivity index (χ0n) is 10.1. The largest absolute Gasteiger partial charge is 0.460 e. The molecule has 94 valence electrons. The summed E-state index contributed by atoms with van der Waals surface area (Å²) in [5.41, 5.74) is 6.97. The summed E-state index contributed by atoms with van der Waals surface area (Å²) >= 11 is 0. The van der Waals surface area contributed by atoms with Crippen LogP contribution in [0.2, 0.25) is 0 Å². The fourth-order valence-corrected chi connectivity index (χ4v) is 1.36. The predicted molar refractivity (Wildman–Crippen MR) is 64.3 cm³/mol. The first kappa shape index (κ1) is 12.0. The van der Waals surface area contributed by atoms with E-state index in [0.29, 0.717) is 17.2 Å². The first-order valence-electron chi connectivity index (χ1n) is 5.44. The maximum absolute atomic E-state index is 11.5. The minimum absolute atomic E-state index is 0.000995. The average molecular weight is 247 g/mol. The summed E-state index contributed by atoms with van der Waals surface area (Å²) in [5, 5.41) is 4.18. The Bertz CT molecular complexity index is 559. The number of hydrogen-bond acceptors (Lipinski definition) is 6. The highest BCUT2D eigenvalue weighted by atomic mass is 16.5. The van der Waals surface area contributed by atoms with Crippen molar-refractivity contribution in [1.82, 2.24) is 19.7 Å². The van der Waals surface area contributed by atoms with Crippen LogP contribution in [-0.2, 0) is 4.74 Å². The number of carbonyl (C=O) groups excluding carboxylic acids is 1. The Balaban J connectivity index is 2.35. The van der Waals surface area contributed by atoms with E-state index in [1.165, 1.54) is 10.9 Å². The number of esters is 1. The lowest BCUT2D eigenvalue weighted by molar-refractivity contribution is 0.0512. The van der Waals surface area contributed by atoms with Crippen LogP contribution in [0.15, 0.2) is 18.5 Å². The normalized spacial score (nSPS) is 10.3.